The van der Waals surface area contributed by atoms with Crippen LogP contribution < -0.4 is 5.32 Å². The van der Waals surface area contributed by atoms with Crippen LogP contribution in [-0.2, 0) is 4.74 Å². The zero-order valence-corrected chi connectivity index (χ0v) is 16.3. The molecular formula is C18H36N2O2S. The van der Waals surface area contributed by atoms with E-state index in [9.17, 15) is 4.79 Å². The predicted octanol–water partition coefficient (Wildman–Crippen LogP) is 4.29. The molecule has 1 aliphatic rings. The van der Waals surface area contributed by atoms with Crippen LogP contribution in [0.1, 0.15) is 65.7 Å². The Morgan fingerprint density at radius 1 is 1.22 bits per heavy atom. The first kappa shape index (κ1) is 20.6. The SMILES string of the molecule is CSCCCCCCNCC1CCCCN1C(=O)OC(C)(C)C. The number of carbonyl (C=O) groups excluding carboxylic acids is 1. The summed E-state index contributed by atoms with van der Waals surface area (Å²) in [4.78, 5) is 14.3. The van der Waals surface area contributed by atoms with Gasteiger partial charge in [0.2, 0.25) is 0 Å². The molecule has 23 heavy (non-hydrogen) atoms. The molecule has 1 atom stereocenters. The van der Waals surface area contributed by atoms with Gasteiger partial charge in [0.15, 0.2) is 0 Å². The first-order chi connectivity index (χ1) is 10.9. The molecule has 5 heteroatoms. The molecule has 0 saturated carbocycles. The summed E-state index contributed by atoms with van der Waals surface area (Å²) < 4.78 is 5.55. The smallest absolute Gasteiger partial charge is 0.410 e. The maximum Gasteiger partial charge on any atom is 0.410 e. The molecule has 1 saturated heterocycles. The minimum atomic E-state index is -0.413. The zero-order chi connectivity index (χ0) is 17.1. The van der Waals surface area contributed by atoms with E-state index in [1.165, 1.54) is 37.9 Å². The lowest BCUT2D eigenvalue weighted by Crippen LogP contribution is -2.50. The van der Waals surface area contributed by atoms with Crippen molar-refractivity contribution in [3.63, 3.8) is 0 Å². The standard InChI is InChI=1S/C18H36N2O2S/c1-18(2,3)22-17(21)20-13-9-7-11-16(20)15-19-12-8-5-6-10-14-23-4/h16,19H,5-15H2,1-4H3. The number of hydrogen-bond acceptors (Lipinski definition) is 4. The third-order valence-electron chi connectivity index (χ3n) is 4.09. The van der Waals surface area contributed by atoms with E-state index in [0.29, 0.717) is 0 Å². The Kier molecular flexibility index (Phi) is 10.0. The van der Waals surface area contributed by atoms with Gasteiger partial charge in [-0.25, -0.2) is 4.79 Å². The highest BCUT2D eigenvalue weighted by atomic mass is 32.2. The van der Waals surface area contributed by atoms with E-state index in [-0.39, 0.29) is 12.1 Å². The fourth-order valence-electron chi connectivity index (χ4n) is 2.89. The number of rotatable bonds is 9. The number of piperidine rings is 1. The Labute approximate surface area is 147 Å². The van der Waals surface area contributed by atoms with Gasteiger partial charge < -0.3 is 15.0 Å². The summed E-state index contributed by atoms with van der Waals surface area (Å²) in [5.74, 6) is 1.28. The summed E-state index contributed by atoms with van der Waals surface area (Å²) in [6.45, 7) is 8.56. The molecule has 0 aromatic heterocycles. The van der Waals surface area contributed by atoms with Gasteiger partial charge in [0.05, 0.1) is 0 Å². The molecule has 4 nitrogen and oxygen atoms in total. The van der Waals surface area contributed by atoms with Gasteiger partial charge in [-0.05, 0) is 71.4 Å². The molecule has 0 aromatic carbocycles. The van der Waals surface area contributed by atoms with Crippen molar-refractivity contribution in [2.45, 2.75) is 77.4 Å². The number of carbonyl (C=O) groups is 1. The minimum absolute atomic E-state index is 0.152. The van der Waals surface area contributed by atoms with Crippen molar-refractivity contribution in [2.24, 2.45) is 0 Å². The van der Waals surface area contributed by atoms with E-state index in [0.717, 1.165) is 32.5 Å². The summed E-state index contributed by atoms with van der Waals surface area (Å²) in [6, 6.07) is 0.287. The van der Waals surface area contributed by atoms with Gasteiger partial charge in [-0.1, -0.05) is 12.8 Å². The molecule has 1 rings (SSSR count). The molecule has 1 fully saturated rings. The lowest BCUT2D eigenvalue weighted by atomic mass is 10.0. The van der Waals surface area contributed by atoms with Crippen LogP contribution in [0, 0.1) is 0 Å². The molecule has 0 bridgehead atoms. The highest BCUT2D eigenvalue weighted by molar-refractivity contribution is 7.98. The molecule has 0 spiro atoms. The number of unbranched alkanes of at least 4 members (excludes halogenated alkanes) is 3. The van der Waals surface area contributed by atoms with Crippen LogP contribution in [-0.4, -0.2) is 54.3 Å². The Balaban J connectivity index is 2.23. The highest BCUT2D eigenvalue weighted by Gasteiger charge is 2.29. The van der Waals surface area contributed by atoms with E-state index >= 15 is 0 Å². The summed E-state index contributed by atoms with van der Waals surface area (Å²) in [7, 11) is 0. The maximum absolute atomic E-state index is 12.3. The number of hydrogen-bond donors (Lipinski definition) is 1. The average molecular weight is 345 g/mol. The second kappa shape index (κ2) is 11.2. The lowest BCUT2D eigenvalue weighted by molar-refractivity contribution is 0.00997. The lowest BCUT2D eigenvalue weighted by Gasteiger charge is -2.37. The van der Waals surface area contributed by atoms with Gasteiger partial charge in [-0.3, -0.25) is 0 Å². The second-order valence-corrected chi connectivity index (χ2v) is 8.42. The molecule has 1 N–H and O–H groups in total. The number of ether oxygens (including phenoxy) is 1. The average Bonchev–Trinajstić information content (AvgIpc) is 2.48. The number of thioether (sulfide) groups is 1. The molecule has 1 aliphatic heterocycles. The molecular weight excluding hydrogens is 308 g/mol. The van der Waals surface area contributed by atoms with E-state index in [4.69, 9.17) is 4.74 Å². The third-order valence-corrected chi connectivity index (χ3v) is 4.78. The van der Waals surface area contributed by atoms with Crippen molar-refractivity contribution in [2.75, 3.05) is 31.6 Å². The third kappa shape index (κ3) is 9.46. The molecule has 136 valence electrons. The van der Waals surface area contributed by atoms with Crippen LogP contribution in [0.2, 0.25) is 0 Å². The van der Waals surface area contributed by atoms with Crippen molar-refractivity contribution in [1.29, 1.82) is 0 Å². The fourth-order valence-corrected chi connectivity index (χ4v) is 3.39. The number of likely N-dealkylation sites (tertiary alicyclic amines) is 1. The summed E-state index contributed by atoms with van der Waals surface area (Å²) in [5, 5.41) is 3.54. The van der Waals surface area contributed by atoms with Gasteiger partial charge >= 0.3 is 6.09 Å². The molecule has 1 unspecified atom stereocenters. The number of nitrogens with one attached hydrogen (secondary N) is 1. The number of nitrogens with zero attached hydrogens (tertiary/aromatic N) is 1. The van der Waals surface area contributed by atoms with Gasteiger partial charge in [0.25, 0.3) is 0 Å². The quantitative estimate of drug-likeness (QED) is 0.634. The van der Waals surface area contributed by atoms with Crippen molar-refractivity contribution < 1.29 is 9.53 Å². The van der Waals surface area contributed by atoms with Gasteiger partial charge in [-0.2, -0.15) is 11.8 Å². The van der Waals surface area contributed by atoms with E-state index in [2.05, 4.69) is 11.6 Å². The van der Waals surface area contributed by atoms with Crippen LogP contribution in [0.25, 0.3) is 0 Å². The predicted molar refractivity (Wildman–Crippen MR) is 100 cm³/mol. The van der Waals surface area contributed by atoms with E-state index < -0.39 is 5.60 Å². The molecule has 0 aliphatic carbocycles. The summed E-state index contributed by atoms with van der Waals surface area (Å²) in [6.07, 6.45) is 10.6. The van der Waals surface area contributed by atoms with Crippen LogP contribution in [0.4, 0.5) is 4.79 Å². The highest BCUT2D eigenvalue weighted by Crippen LogP contribution is 2.20. The van der Waals surface area contributed by atoms with Crippen LogP contribution in [0.15, 0.2) is 0 Å². The van der Waals surface area contributed by atoms with Crippen molar-refractivity contribution in [1.82, 2.24) is 10.2 Å². The topological polar surface area (TPSA) is 41.6 Å². The minimum Gasteiger partial charge on any atom is -0.444 e. The Morgan fingerprint density at radius 2 is 1.96 bits per heavy atom. The Morgan fingerprint density at radius 3 is 2.65 bits per heavy atom. The summed E-state index contributed by atoms with van der Waals surface area (Å²) >= 11 is 1.93. The van der Waals surface area contributed by atoms with Crippen molar-refractivity contribution in [3.05, 3.63) is 0 Å². The number of amides is 1. The van der Waals surface area contributed by atoms with Crippen molar-refractivity contribution in [3.8, 4) is 0 Å². The second-order valence-electron chi connectivity index (χ2n) is 7.43. The van der Waals surface area contributed by atoms with Crippen LogP contribution in [0.3, 0.4) is 0 Å². The van der Waals surface area contributed by atoms with E-state index in [1.54, 1.807) is 0 Å². The van der Waals surface area contributed by atoms with Crippen LogP contribution >= 0.6 is 11.8 Å². The van der Waals surface area contributed by atoms with Gasteiger partial charge in [0, 0.05) is 19.1 Å². The molecule has 1 amide bonds. The summed E-state index contributed by atoms with van der Waals surface area (Å²) in [5.41, 5.74) is -0.413. The zero-order valence-electron chi connectivity index (χ0n) is 15.5. The first-order valence-electron chi connectivity index (χ1n) is 9.13. The van der Waals surface area contributed by atoms with E-state index in [1.807, 2.05) is 37.4 Å². The molecule has 1 heterocycles. The van der Waals surface area contributed by atoms with Gasteiger partial charge in [-0.15, -0.1) is 0 Å². The fraction of sp³-hybridized carbons (Fsp3) is 0.944. The maximum atomic E-state index is 12.3. The largest absolute Gasteiger partial charge is 0.444 e. The van der Waals surface area contributed by atoms with Crippen molar-refractivity contribution >= 4 is 17.9 Å². The Bertz CT molecular complexity index is 331. The monoisotopic (exact) mass is 344 g/mol. The first-order valence-corrected chi connectivity index (χ1v) is 10.5. The Hall–Kier alpha value is -0.420. The normalized spacial score (nSPS) is 19.0. The van der Waals surface area contributed by atoms with Crippen LogP contribution in [0.5, 0.6) is 0 Å². The molecule has 0 radical (unpaired) electrons. The molecule has 0 aromatic rings. The van der Waals surface area contributed by atoms with Gasteiger partial charge in [0.1, 0.15) is 5.60 Å².